The number of carbonyl (C=O) groups is 1. The molecule has 0 atom stereocenters. The second kappa shape index (κ2) is 6.01. The molecule has 4 rings (SSSR count). The van der Waals surface area contributed by atoms with Crippen LogP contribution in [0.2, 0.25) is 0 Å². The van der Waals surface area contributed by atoms with E-state index in [4.69, 9.17) is 4.52 Å². The highest BCUT2D eigenvalue weighted by Crippen LogP contribution is 2.24. The molecule has 0 bridgehead atoms. The second-order valence-electron chi connectivity index (χ2n) is 5.42. The smallest absolute Gasteiger partial charge is 0.277 e. The zero-order chi connectivity index (χ0) is 16.4. The normalized spacial score (nSPS) is 10.7. The summed E-state index contributed by atoms with van der Waals surface area (Å²) < 4.78 is 5.29. The largest absolute Gasteiger partial charge is 0.355 e. The lowest BCUT2D eigenvalue weighted by Crippen LogP contribution is -2.12. The van der Waals surface area contributed by atoms with Gasteiger partial charge in [-0.1, -0.05) is 71.9 Å². The molecule has 0 aliphatic heterocycles. The highest BCUT2D eigenvalue weighted by molar-refractivity contribution is 6.08. The third-order valence-corrected chi connectivity index (χ3v) is 3.84. The molecule has 1 aromatic heterocycles. The van der Waals surface area contributed by atoms with Crippen molar-refractivity contribution in [1.82, 2.24) is 5.16 Å². The Labute approximate surface area is 138 Å². The number of nitrogens with zero attached hydrogens (tertiary/aromatic N) is 1. The van der Waals surface area contributed by atoms with Crippen LogP contribution in [0.15, 0.2) is 83.4 Å². The molecule has 0 spiro atoms. The molecule has 0 radical (unpaired) electrons. The number of rotatable bonds is 3. The van der Waals surface area contributed by atoms with Crippen molar-refractivity contribution in [2.24, 2.45) is 0 Å². The van der Waals surface area contributed by atoms with Crippen LogP contribution < -0.4 is 5.32 Å². The number of hydrogen-bond donors (Lipinski definition) is 1. The van der Waals surface area contributed by atoms with Crippen molar-refractivity contribution < 1.29 is 9.32 Å². The van der Waals surface area contributed by atoms with E-state index in [9.17, 15) is 4.79 Å². The molecule has 0 aliphatic rings. The maximum atomic E-state index is 12.5. The number of hydrogen-bond acceptors (Lipinski definition) is 3. The van der Waals surface area contributed by atoms with Crippen LogP contribution >= 0.6 is 0 Å². The van der Waals surface area contributed by atoms with Gasteiger partial charge in [0.2, 0.25) is 0 Å². The van der Waals surface area contributed by atoms with Gasteiger partial charge >= 0.3 is 0 Å². The summed E-state index contributed by atoms with van der Waals surface area (Å²) in [6.07, 6.45) is 0. The average Bonchev–Trinajstić information content (AvgIpc) is 3.13. The summed E-state index contributed by atoms with van der Waals surface area (Å²) in [5, 5.41) is 8.84. The Hall–Kier alpha value is -3.40. The first-order valence-electron chi connectivity index (χ1n) is 7.62. The fourth-order valence-electron chi connectivity index (χ4n) is 2.64. The lowest BCUT2D eigenvalue weighted by atomic mass is 10.1. The average molecular weight is 314 g/mol. The fourth-order valence-corrected chi connectivity index (χ4v) is 2.64. The first kappa shape index (κ1) is 14.2. The topological polar surface area (TPSA) is 55.1 Å². The van der Waals surface area contributed by atoms with Crippen LogP contribution in [0.25, 0.3) is 22.1 Å². The minimum absolute atomic E-state index is 0.252. The summed E-state index contributed by atoms with van der Waals surface area (Å²) in [7, 11) is 0. The van der Waals surface area contributed by atoms with Crippen LogP contribution in [0.1, 0.15) is 10.5 Å². The van der Waals surface area contributed by atoms with Gasteiger partial charge in [-0.3, -0.25) is 4.79 Å². The van der Waals surface area contributed by atoms with Gasteiger partial charge in [-0.2, -0.15) is 0 Å². The zero-order valence-electron chi connectivity index (χ0n) is 12.8. The Kier molecular flexibility index (Phi) is 3.56. The SMILES string of the molecule is O=C(Nc1cccc2ccccc12)c1cc(-c2ccccc2)on1. The van der Waals surface area contributed by atoms with Gasteiger partial charge in [0.05, 0.1) is 0 Å². The van der Waals surface area contributed by atoms with Gasteiger partial charge in [-0.15, -0.1) is 0 Å². The van der Waals surface area contributed by atoms with E-state index in [0.29, 0.717) is 5.76 Å². The van der Waals surface area contributed by atoms with Crippen molar-refractivity contribution in [3.63, 3.8) is 0 Å². The van der Waals surface area contributed by atoms with Gasteiger partial charge in [-0.05, 0) is 11.5 Å². The molecule has 1 heterocycles. The molecule has 1 N–H and O–H groups in total. The Morgan fingerprint density at radius 3 is 2.50 bits per heavy atom. The first-order chi connectivity index (χ1) is 11.8. The Bertz CT molecular complexity index is 1000. The maximum absolute atomic E-state index is 12.5. The molecule has 0 saturated heterocycles. The molecule has 0 saturated carbocycles. The Morgan fingerprint density at radius 2 is 1.62 bits per heavy atom. The molecule has 4 aromatic rings. The predicted molar refractivity (Wildman–Crippen MR) is 93.8 cm³/mol. The van der Waals surface area contributed by atoms with Gasteiger partial charge in [0.1, 0.15) is 0 Å². The highest BCUT2D eigenvalue weighted by atomic mass is 16.5. The van der Waals surface area contributed by atoms with E-state index in [0.717, 1.165) is 22.0 Å². The van der Waals surface area contributed by atoms with Crippen LogP contribution in [-0.2, 0) is 0 Å². The van der Waals surface area contributed by atoms with Crippen molar-refractivity contribution in [3.05, 3.63) is 84.6 Å². The summed E-state index contributed by atoms with van der Waals surface area (Å²) in [4.78, 5) is 12.5. The fraction of sp³-hybridized carbons (Fsp3) is 0. The summed E-state index contributed by atoms with van der Waals surface area (Å²) >= 11 is 0. The Morgan fingerprint density at radius 1 is 0.875 bits per heavy atom. The molecular weight excluding hydrogens is 300 g/mol. The molecule has 4 nitrogen and oxygen atoms in total. The van der Waals surface area contributed by atoms with E-state index in [1.54, 1.807) is 6.07 Å². The van der Waals surface area contributed by atoms with Crippen LogP contribution in [0, 0.1) is 0 Å². The summed E-state index contributed by atoms with van der Waals surface area (Å²) in [5.41, 5.74) is 1.89. The molecule has 0 fully saturated rings. The van der Waals surface area contributed by atoms with Gasteiger partial charge in [-0.25, -0.2) is 0 Å². The minimum Gasteiger partial charge on any atom is -0.355 e. The second-order valence-corrected chi connectivity index (χ2v) is 5.42. The highest BCUT2D eigenvalue weighted by Gasteiger charge is 2.14. The van der Waals surface area contributed by atoms with Crippen molar-refractivity contribution >= 4 is 22.4 Å². The van der Waals surface area contributed by atoms with Crippen molar-refractivity contribution in [2.75, 3.05) is 5.32 Å². The standard InChI is InChI=1S/C20H14N2O2/c23-20(18-13-19(24-22-18)15-8-2-1-3-9-15)21-17-12-6-10-14-7-4-5-11-16(14)17/h1-13H,(H,21,23). The van der Waals surface area contributed by atoms with Crippen LogP contribution in [0.3, 0.4) is 0 Å². The van der Waals surface area contributed by atoms with E-state index >= 15 is 0 Å². The van der Waals surface area contributed by atoms with Gasteiger partial charge < -0.3 is 9.84 Å². The Balaban J connectivity index is 1.62. The maximum Gasteiger partial charge on any atom is 0.277 e. The predicted octanol–water partition coefficient (Wildman–Crippen LogP) is 4.75. The number of fused-ring (bicyclic) bond motifs is 1. The van der Waals surface area contributed by atoms with E-state index in [2.05, 4.69) is 10.5 Å². The molecule has 0 unspecified atom stereocenters. The van der Waals surface area contributed by atoms with E-state index < -0.39 is 0 Å². The first-order valence-corrected chi connectivity index (χ1v) is 7.62. The van der Waals surface area contributed by atoms with Gasteiger partial charge in [0.25, 0.3) is 5.91 Å². The quantitative estimate of drug-likeness (QED) is 0.594. The zero-order valence-corrected chi connectivity index (χ0v) is 12.8. The van der Waals surface area contributed by atoms with E-state index in [1.807, 2.05) is 72.8 Å². The monoisotopic (exact) mass is 314 g/mol. The molecule has 3 aromatic carbocycles. The van der Waals surface area contributed by atoms with E-state index in [1.165, 1.54) is 0 Å². The molecular formula is C20H14N2O2. The number of carbonyl (C=O) groups excluding carboxylic acids is 1. The lowest BCUT2D eigenvalue weighted by molar-refractivity contribution is 0.101. The summed E-state index contributed by atoms with van der Waals surface area (Å²) in [6.45, 7) is 0. The number of nitrogens with one attached hydrogen (secondary N) is 1. The summed E-state index contributed by atoms with van der Waals surface area (Å²) in [5.74, 6) is 0.274. The number of benzene rings is 3. The summed E-state index contributed by atoms with van der Waals surface area (Å²) in [6, 6.07) is 24.9. The van der Waals surface area contributed by atoms with Gasteiger partial charge in [0, 0.05) is 22.7 Å². The van der Waals surface area contributed by atoms with Crippen LogP contribution in [-0.4, -0.2) is 11.1 Å². The number of amides is 1. The van der Waals surface area contributed by atoms with Crippen molar-refractivity contribution in [1.29, 1.82) is 0 Å². The number of aromatic nitrogens is 1. The molecule has 1 amide bonds. The molecule has 0 aliphatic carbocycles. The minimum atomic E-state index is -0.294. The third-order valence-electron chi connectivity index (χ3n) is 3.84. The van der Waals surface area contributed by atoms with Gasteiger partial charge in [0.15, 0.2) is 11.5 Å². The number of anilines is 1. The molecule has 24 heavy (non-hydrogen) atoms. The van der Waals surface area contributed by atoms with Crippen LogP contribution in [0.5, 0.6) is 0 Å². The molecule has 116 valence electrons. The molecule has 4 heteroatoms. The van der Waals surface area contributed by atoms with Crippen LogP contribution in [0.4, 0.5) is 5.69 Å². The van der Waals surface area contributed by atoms with E-state index in [-0.39, 0.29) is 11.6 Å². The third kappa shape index (κ3) is 2.65. The van der Waals surface area contributed by atoms with Crippen molar-refractivity contribution in [3.8, 4) is 11.3 Å². The lowest BCUT2D eigenvalue weighted by Gasteiger charge is -2.06. The van der Waals surface area contributed by atoms with Crippen molar-refractivity contribution in [2.45, 2.75) is 0 Å².